The van der Waals surface area contributed by atoms with Crippen molar-refractivity contribution in [2.24, 2.45) is 0 Å². The van der Waals surface area contributed by atoms with E-state index in [0.29, 0.717) is 17.5 Å². The summed E-state index contributed by atoms with van der Waals surface area (Å²) in [5.41, 5.74) is 2.62. The van der Waals surface area contributed by atoms with Crippen molar-refractivity contribution in [3.8, 4) is 17.0 Å². The normalized spacial score (nSPS) is 18.8. The zero-order chi connectivity index (χ0) is 16.2. The van der Waals surface area contributed by atoms with E-state index in [0.717, 1.165) is 24.2 Å². The molecule has 0 amide bonds. The highest BCUT2D eigenvalue weighted by atomic mass is 19.1. The van der Waals surface area contributed by atoms with Crippen LogP contribution in [0.4, 0.5) is 4.39 Å². The molecule has 1 aliphatic heterocycles. The van der Waals surface area contributed by atoms with Crippen molar-refractivity contribution in [1.29, 1.82) is 0 Å². The van der Waals surface area contributed by atoms with Crippen LogP contribution in [0, 0.1) is 5.82 Å². The monoisotopic (exact) mass is 314 g/mol. The first kappa shape index (κ1) is 15.9. The minimum absolute atomic E-state index is 0.315. The second-order valence-electron chi connectivity index (χ2n) is 6.18. The molecule has 2 heterocycles. The second kappa shape index (κ2) is 7.09. The maximum Gasteiger partial charge on any atom is 0.213 e. The smallest absolute Gasteiger partial charge is 0.213 e. The third kappa shape index (κ3) is 3.53. The number of pyridine rings is 1. The van der Waals surface area contributed by atoms with Gasteiger partial charge in [-0.05, 0) is 37.4 Å². The van der Waals surface area contributed by atoms with Gasteiger partial charge in [-0.1, -0.05) is 30.7 Å². The van der Waals surface area contributed by atoms with Crippen LogP contribution in [0.5, 0.6) is 5.88 Å². The average molecular weight is 314 g/mol. The molecule has 0 N–H and O–H groups in total. The van der Waals surface area contributed by atoms with Crippen molar-refractivity contribution < 1.29 is 9.13 Å². The molecule has 3 rings (SSSR count). The zero-order valence-corrected chi connectivity index (χ0v) is 13.8. The molecule has 3 nitrogen and oxygen atoms in total. The second-order valence-corrected chi connectivity index (χ2v) is 6.18. The van der Waals surface area contributed by atoms with E-state index < -0.39 is 0 Å². The largest absolute Gasteiger partial charge is 0.481 e. The summed E-state index contributed by atoms with van der Waals surface area (Å²) >= 11 is 0. The first-order valence-electron chi connectivity index (χ1n) is 8.21. The van der Waals surface area contributed by atoms with Crippen LogP contribution in [0.25, 0.3) is 11.1 Å². The van der Waals surface area contributed by atoms with Gasteiger partial charge >= 0.3 is 0 Å². The Balaban J connectivity index is 1.94. The lowest BCUT2D eigenvalue weighted by atomic mass is 9.97. The first-order chi connectivity index (χ1) is 11.2. The summed E-state index contributed by atoms with van der Waals surface area (Å²) in [5.74, 6) is 0.118. The van der Waals surface area contributed by atoms with E-state index in [9.17, 15) is 4.39 Å². The molecular formula is C19H23FN2O. The Labute approximate surface area is 137 Å². The minimum atomic E-state index is -0.315. The summed E-state index contributed by atoms with van der Waals surface area (Å²) < 4.78 is 19.4. The van der Waals surface area contributed by atoms with Gasteiger partial charge in [0.25, 0.3) is 0 Å². The third-order valence-electron chi connectivity index (χ3n) is 4.66. The number of nitrogens with zero attached hydrogens (tertiary/aromatic N) is 2. The number of benzene rings is 1. The lowest BCUT2D eigenvalue weighted by Gasteiger charge is -2.33. The summed E-state index contributed by atoms with van der Waals surface area (Å²) in [6, 6.07) is 10.3. The SMILES string of the molecule is COc1cc(-c2ccccc2CN2CCCCC2C)c(F)cn1. The van der Waals surface area contributed by atoms with Crippen LogP contribution in [0.1, 0.15) is 31.7 Å². The molecule has 1 aliphatic rings. The Morgan fingerprint density at radius 1 is 1.26 bits per heavy atom. The lowest BCUT2D eigenvalue weighted by Crippen LogP contribution is -2.36. The predicted molar refractivity (Wildman–Crippen MR) is 89.9 cm³/mol. The van der Waals surface area contributed by atoms with Crippen LogP contribution < -0.4 is 4.74 Å². The molecule has 1 fully saturated rings. The predicted octanol–water partition coefficient (Wildman–Crippen LogP) is 4.27. The number of ether oxygens (including phenoxy) is 1. The standard InChI is InChI=1S/C19H23FN2O/c1-14-7-5-6-10-22(14)13-15-8-3-4-9-16(15)17-11-19(23-2)21-12-18(17)20/h3-4,8-9,11-12,14H,5-7,10,13H2,1-2H3. The fraction of sp³-hybridized carbons (Fsp3) is 0.421. The van der Waals surface area contributed by atoms with Crippen molar-refractivity contribution in [2.75, 3.05) is 13.7 Å². The zero-order valence-electron chi connectivity index (χ0n) is 13.8. The van der Waals surface area contributed by atoms with Gasteiger partial charge in [0, 0.05) is 24.2 Å². The Kier molecular flexibility index (Phi) is 4.91. The maximum atomic E-state index is 14.3. The third-order valence-corrected chi connectivity index (χ3v) is 4.66. The van der Waals surface area contributed by atoms with Crippen molar-refractivity contribution in [2.45, 2.75) is 38.8 Å². The fourth-order valence-electron chi connectivity index (χ4n) is 3.27. The van der Waals surface area contributed by atoms with Crippen LogP contribution in [0.2, 0.25) is 0 Å². The van der Waals surface area contributed by atoms with E-state index in [4.69, 9.17) is 4.74 Å². The van der Waals surface area contributed by atoms with Gasteiger partial charge in [-0.15, -0.1) is 0 Å². The molecule has 2 aromatic rings. The van der Waals surface area contributed by atoms with Gasteiger partial charge in [0.1, 0.15) is 5.82 Å². The lowest BCUT2D eigenvalue weighted by molar-refractivity contribution is 0.153. The summed E-state index contributed by atoms with van der Waals surface area (Å²) in [6.45, 7) is 4.23. The number of hydrogen-bond donors (Lipinski definition) is 0. The van der Waals surface area contributed by atoms with Crippen molar-refractivity contribution in [3.05, 3.63) is 47.9 Å². The molecule has 23 heavy (non-hydrogen) atoms. The van der Waals surface area contributed by atoms with Gasteiger partial charge in [-0.25, -0.2) is 9.37 Å². The summed E-state index contributed by atoms with van der Waals surface area (Å²) in [7, 11) is 1.55. The van der Waals surface area contributed by atoms with E-state index in [1.54, 1.807) is 13.2 Å². The van der Waals surface area contributed by atoms with Gasteiger partial charge < -0.3 is 4.74 Å². The van der Waals surface area contributed by atoms with E-state index >= 15 is 0 Å². The number of halogens is 1. The Morgan fingerprint density at radius 2 is 2.09 bits per heavy atom. The molecule has 1 unspecified atom stereocenters. The Bertz CT molecular complexity index is 674. The fourth-order valence-corrected chi connectivity index (χ4v) is 3.27. The van der Waals surface area contributed by atoms with Crippen LogP contribution in [-0.4, -0.2) is 29.6 Å². The van der Waals surface area contributed by atoms with Gasteiger partial charge in [0.15, 0.2) is 0 Å². The van der Waals surface area contributed by atoms with Gasteiger partial charge in [0.05, 0.1) is 13.3 Å². The van der Waals surface area contributed by atoms with Crippen molar-refractivity contribution in [1.82, 2.24) is 9.88 Å². The molecule has 122 valence electrons. The van der Waals surface area contributed by atoms with Gasteiger partial charge in [-0.3, -0.25) is 4.90 Å². The summed E-state index contributed by atoms with van der Waals surface area (Å²) in [5, 5.41) is 0. The highest BCUT2D eigenvalue weighted by molar-refractivity contribution is 5.68. The summed E-state index contributed by atoms with van der Waals surface area (Å²) in [4.78, 5) is 6.42. The molecule has 1 atom stereocenters. The number of rotatable bonds is 4. The van der Waals surface area contributed by atoms with E-state index in [1.165, 1.54) is 25.5 Å². The number of methoxy groups -OCH3 is 1. The number of aromatic nitrogens is 1. The Morgan fingerprint density at radius 3 is 2.87 bits per heavy atom. The molecular weight excluding hydrogens is 291 g/mol. The van der Waals surface area contributed by atoms with Crippen LogP contribution in [0.15, 0.2) is 36.5 Å². The molecule has 0 radical (unpaired) electrons. The topological polar surface area (TPSA) is 25.4 Å². The van der Waals surface area contributed by atoms with Crippen molar-refractivity contribution in [3.63, 3.8) is 0 Å². The maximum absolute atomic E-state index is 14.3. The van der Waals surface area contributed by atoms with Crippen LogP contribution in [0.3, 0.4) is 0 Å². The van der Waals surface area contributed by atoms with Gasteiger partial charge in [-0.2, -0.15) is 0 Å². The Hall–Kier alpha value is -1.94. The number of hydrogen-bond acceptors (Lipinski definition) is 3. The molecule has 0 spiro atoms. The minimum Gasteiger partial charge on any atom is -0.481 e. The van der Waals surface area contributed by atoms with Crippen molar-refractivity contribution >= 4 is 0 Å². The van der Waals surface area contributed by atoms with Crippen LogP contribution in [-0.2, 0) is 6.54 Å². The molecule has 0 bridgehead atoms. The van der Waals surface area contributed by atoms with E-state index in [1.807, 2.05) is 18.2 Å². The number of piperidine rings is 1. The molecule has 1 aromatic heterocycles. The van der Waals surface area contributed by atoms with Crippen LogP contribution >= 0.6 is 0 Å². The van der Waals surface area contributed by atoms with E-state index in [2.05, 4.69) is 22.9 Å². The van der Waals surface area contributed by atoms with Gasteiger partial charge in [0.2, 0.25) is 5.88 Å². The summed E-state index contributed by atoms with van der Waals surface area (Å²) in [6.07, 6.45) is 5.01. The highest BCUT2D eigenvalue weighted by Crippen LogP contribution is 2.30. The first-order valence-corrected chi connectivity index (χ1v) is 8.21. The molecule has 1 saturated heterocycles. The van der Waals surface area contributed by atoms with E-state index in [-0.39, 0.29) is 5.82 Å². The molecule has 1 aromatic carbocycles. The quantitative estimate of drug-likeness (QED) is 0.842. The molecule has 0 saturated carbocycles. The molecule has 4 heteroatoms. The average Bonchev–Trinajstić information content (AvgIpc) is 2.58. The molecule has 0 aliphatic carbocycles. The highest BCUT2D eigenvalue weighted by Gasteiger charge is 2.20. The number of likely N-dealkylation sites (tertiary alicyclic amines) is 1.